The van der Waals surface area contributed by atoms with Gasteiger partial charge >= 0.3 is 0 Å². The summed E-state index contributed by atoms with van der Waals surface area (Å²) in [6.07, 6.45) is 0. The van der Waals surface area contributed by atoms with Gasteiger partial charge in [0.05, 0.1) is 22.2 Å². The molecule has 8 aromatic carbocycles. The van der Waals surface area contributed by atoms with E-state index >= 15 is 0 Å². The van der Waals surface area contributed by atoms with Crippen LogP contribution in [-0.2, 0) is 0 Å². The Morgan fingerprint density at radius 2 is 0.736 bits per heavy atom. The van der Waals surface area contributed by atoms with E-state index in [1.54, 1.807) is 0 Å². The van der Waals surface area contributed by atoms with Crippen LogP contribution in [0.15, 0.2) is 200 Å². The van der Waals surface area contributed by atoms with Crippen molar-refractivity contribution in [3.8, 4) is 61.7 Å². The van der Waals surface area contributed by atoms with Crippen molar-refractivity contribution in [3.63, 3.8) is 0 Å². The second-order valence-corrected chi connectivity index (χ2v) is 13.4. The van der Waals surface area contributed by atoms with E-state index in [9.17, 15) is 0 Å². The van der Waals surface area contributed by atoms with Crippen LogP contribution in [-0.4, -0.2) is 14.5 Å². The Morgan fingerprint density at radius 1 is 0.302 bits per heavy atom. The Bertz CT molecular complexity index is 2800. The first-order chi connectivity index (χ1) is 26.3. The molecule has 0 atom stereocenters. The molecule has 0 bridgehead atoms. The van der Waals surface area contributed by atoms with Crippen molar-refractivity contribution >= 4 is 32.7 Å². The Hall–Kier alpha value is -7.10. The highest BCUT2D eigenvalue weighted by Crippen LogP contribution is 2.38. The molecule has 2 aromatic heterocycles. The maximum Gasteiger partial charge on any atom is 0.160 e. The lowest BCUT2D eigenvalue weighted by Crippen LogP contribution is -1.95. The Labute approximate surface area is 308 Å². The predicted molar refractivity (Wildman–Crippen MR) is 221 cm³/mol. The topological polar surface area (TPSA) is 30.7 Å². The second kappa shape index (κ2) is 12.9. The van der Waals surface area contributed by atoms with E-state index < -0.39 is 0 Å². The summed E-state index contributed by atoms with van der Waals surface area (Å²) in [4.78, 5) is 10.0. The molecule has 0 saturated heterocycles. The maximum absolute atomic E-state index is 5.06. The van der Waals surface area contributed by atoms with Gasteiger partial charge in [-0.3, -0.25) is 0 Å². The minimum Gasteiger partial charge on any atom is -0.309 e. The first-order valence-corrected chi connectivity index (χ1v) is 18.0. The largest absolute Gasteiger partial charge is 0.309 e. The minimum atomic E-state index is 0.724. The zero-order valence-electron chi connectivity index (χ0n) is 28.9. The molecule has 248 valence electrons. The molecule has 0 saturated carbocycles. The van der Waals surface area contributed by atoms with E-state index in [1.807, 2.05) is 18.2 Å². The van der Waals surface area contributed by atoms with Crippen LogP contribution in [0.1, 0.15) is 0 Å². The van der Waals surface area contributed by atoms with E-state index in [0.717, 1.165) is 50.4 Å². The van der Waals surface area contributed by atoms with Crippen LogP contribution in [0.5, 0.6) is 0 Å². The van der Waals surface area contributed by atoms with Gasteiger partial charge in [0.25, 0.3) is 0 Å². The molecule has 10 rings (SSSR count). The second-order valence-electron chi connectivity index (χ2n) is 13.4. The highest BCUT2D eigenvalue weighted by molar-refractivity contribution is 6.11. The summed E-state index contributed by atoms with van der Waals surface area (Å²) in [6, 6.07) is 71.0. The van der Waals surface area contributed by atoms with Crippen LogP contribution in [0, 0.1) is 0 Å². The third-order valence-corrected chi connectivity index (χ3v) is 10.2. The highest BCUT2D eigenvalue weighted by atomic mass is 15.0. The zero-order chi connectivity index (χ0) is 35.1. The number of aromatic nitrogens is 3. The summed E-state index contributed by atoms with van der Waals surface area (Å²) in [6.45, 7) is 0. The number of hydrogen-bond acceptors (Lipinski definition) is 2. The van der Waals surface area contributed by atoms with Crippen molar-refractivity contribution in [1.82, 2.24) is 14.5 Å². The SMILES string of the molecule is c1ccc(-c2ccc3c(c2)c2cc(-c4ccccc4)ccc2n3-c2ccc(-c3ccc(-c4nc(-c5ccccc5)c5ccccc5n4)cc3)cc2)cc1. The number of rotatable bonds is 6. The van der Waals surface area contributed by atoms with Gasteiger partial charge in [0.15, 0.2) is 5.82 Å². The Morgan fingerprint density at radius 3 is 1.30 bits per heavy atom. The molecule has 0 aliphatic carbocycles. The van der Waals surface area contributed by atoms with Crippen LogP contribution >= 0.6 is 0 Å². The molecule has 2 heterocycles. The van der Waals surface area contributed by atoms with E-state index in [0.29, 0.717) is 0 Å². The van der Waals surface area contributed by atoms with Crippen molar-refractivity contribution in [3.05, 3.63) is 200 Å². The normalized spacial score (nSPS) is 11.4. The van der Waals surface area contributed by atoms with Crippen molar-refractivity contribution in [2.75, 3.05) is 0 Å². The molecule has 0 spiro atoms. The van der Waals surface area contributed by atoms with E-state index in [1.165, 1.54) is 44.1 Å². The molecule has 53 heavy (non-hydrogen) atoms. The number of nitrogens with zero attached hydrogens (tertiary/aromatic N) is 3. The molecule has 0 N–H and O–H groups in total. The summed E-state index contributed by atoms with van der Waals surface area (Å²) < 4.78 is 2.39. The van der Waals surface area contributed by atoms with Gasteiger partial charge in [-0.2, -0.15) is 0 Å². The van der Waals surface area contributed by atoms with E-state index in [-0.39, 0.29) is 0 Å². The van der Waals surface area contributed by atoms with Crippen molar-refractivity contribution in [1.29, 1.82) is 0 Å². The van der Waals surface area contributed by atoms with Crippen molar-refractivity contribution in [2.45, 2.75) is 0 Å². The molecule has 0 unspecified atom stereocenters. The third-order valence-electron chi connectivity index (χ3n) is 10.2. The molecule has 0 radical (unpaired) electrons. The lowest BCUT2D eigenvalue weighted by molar-refractivity contribution is 1.18. The van der Waals surface area contributed by atoms with Crippen molar-refractivity contribution < 1.29 is 0 Å². The molecule has 0 amide bonds. The summed E-state index contributed by atoms with van der Waals surface area (Å²) >= 11 is 0. The lowest BCUT2D eigenvalue weighted by atomic mass is 10.0. The summed E-state index contributed by atoms with van der Waals surface area (Å²) in [5.41, 5.74) is 14.6. The molecule has 0 aliphatic heterocycles. The summed E-state index contributed by atoms with van der Waals surface area (Å²) in [7, 11) is 0. The minimum absolute atomic E-state index is 0.724. The fourth-order valence-electron chi connectivity index (χ4n) is 7.56. The number of para-hydroxylation sites is 1. The van der Waals surface area contributed by atoms with Crippen LogP contribution < -0.4 is 0 Å². The highest BCUT2D eigenvalue weighted by Gasteiger charge is 2.16. The van der Waals surface area contributed by atoms with Gasteiger partial charge in [0.2, 0.25) is 0 Å². The first kappa shape index (κ1) is 30.7. The first-order valence-electron chi connectivity index (χ1n) is 18.0. The zero-order valence-corrected chi connectivity index (χ0v) is 28.9. The molecule has 0 aliphatic rings. The quantitative estimate of drug-likeness (QED) is 0.176. The number of hydrogen-bond donors (Lipinski definition) is 0. The molecular weight excluding hydrogens is 643 g/mol. The maximum atomic E-state index is 5.06. The fourth-order valence-corrected chi connectivity index (χ4v) is 7.56. The average molecular weight is 676 g/mol. The molecule has 10 aromatic rings. The van der Waals surface area contributed by atoms with Gasteiger partial charge in [0, 0.05) is 33.0 Å². The Kier molecular flexibility index (Phi) is 7.47. The van der Waals surface area contributed by atoms with E-state index in [2.05, 4.69) is 187 Å². The fraction of sp³-hybridized carbons (Fsp3) is 0. The molecule has 3 nitrogen and oxygen atoms in total. The van der Waals surface area contributed by atoms with Gasteiger partial charge in [-0.15, -0.1) is 0 Å². The van der Waals surface area contributed by atoms with Gasteiger partial charge in [-0.05, 0) is 75.8 Å². The predicted octanol–water partition coefficient (Wildman–Crippen LogP) is 13.1. The van der Waals surface area contributed by atoms with Gasteiger partial charge in [-0.25, -0.2) is 9.97 Å². The van der Waals surface area contributed by atoms with Crippen molar-refractivity contribution in [2.24, 2.45) is 0 Å². The van der Waals surface area contributed by atoms with Crippen LogP contribution in [0.2, 0.25) is 0 Å². The van der Waals surface area contributed by atoms with Gasteiger partial charge in [0.1, 0.15) is 0 Å². The smallest absolute Gasteiger partial charge is 0.160 e. The van der Waals surface area contributed by atoms with Gasteiger partial charge < -0.3 is 4.57 Å². The van der Waals surface area contributed by atoms with Crippen LogP contribution in [0.25, 0.3) is 94.4 Å². The molecular formula is C50H33N3. The van der Waals surface area contributed by atoms with Gasteiger partial charge in [-0.1, -0.05) is 158 Å². The monoisotopic (exact) mass is 675 g/mol. The standard InChI is InChI=1S/C50H33N3/c1-4-12-34(13-5-1)40-26-30-47-44(32-40)45-33-41(35-14-6-2-7-15-35)27-31-48(45)53(47)42-28-24-37(25-29-42)36-20-22-39(23-21-36)50-51-46-19-11-10-18-43(46)49(52-50)38-16-8-3-9-17-38/h1-33H. The van der Waals surface area contributed by atoms with Crippen LogP contribution in [0.3, 0.4) is 0 Å². The summed E-state index contributed by atoms with van der Waals surface area (Å²) in [5.74, 6) is 0.724. The van der Waals surface area contributed by atoms with E-state index in [4.69, 9.17) is 9.97 Å². The Balaban J connectivity index is 1.02. The third kappa shape index (κ3) is 5.56. The number of benzene rings is 8. The average Bonchev–Trinajstić information content (AvgIpc) is 3.57. The molecule has 0 fully saturated rings. The number of fused-ring (bicyclic) bond motifs is 4. The summed E-state index contributed by atoms with van der Waals surface area (Å²) in [5, 5.41) is 3.53. The molecule has 3 heteroatoms. The van der Waals surface area contributed by atoms with Crippen LogP contribution in [0.4, 0.5) is 0 Å². The lowest BCUT2D eigenvalue weighted by Gasteiger charge is -2.11.